The van der Waals surface area contributed by atoms with Crippen LogP contribution in [0.4, 0.5) is 5.69 Å². The van der Waals surface area contributed by atoms with Gasteiger partial charge in [0.05, 0.1) is 35.2 Å². The van der Waals surface area contributed by atoms with Crippen molar-refractivity contribution in [3.8, 4) is 0 Å². The number of anilines is 1. The maximum atomic E-state index is 13.0. The van der Waals surface area contributed by atoms with E-state index in [2.05, 4.69) is 0 Å². The lowest BCUT2D eigenvalue weighted by atomic mass is 10.0. The Morgan fingerprint density at radius 1 is 1.24 bits per heavy atom. The van der Waals surface area contributed by atoms with E-state index in [1.165, 1.54) is 4.31 Å². The van der Waals surface area contributed by atoms with E-state index in [0.29, 0.717) is 49.0 Å². The SMILES string of the molecule is CC1(C)COCCN1C(=O)c1ccc(Cl)c(N2CCCCS2(=O)=O)c1. The summed E-state index contributed by atoms with van der Waals surface area (Å²) in [5.74, 6) is -0.0292. The van der Waals surface area contributed by atoms with Crippen LogP contribution in [0.25, 0.3) is 0 Å². The maximum Gasteiger partial charge on any atom is 0.254 e. The second-order valence-electron chi connectivity index (χ2n) is 7.08. The Balaban J connectivity index is 1.95. The molecule has 3 rings (SSSR count). The third-order valence-corrected chi connectivity index (χ3v) is 6.88. The van der Waals surface area contributed by atoms with Crippen LogP contribution in [0, 0.1) is 0 Å². The highest BCUT2D eigenvalue weighted by Crippen LogP contribution is 2.32. The molecule has 1 amide bonds. The molecule has 1 aromatic rings. The summed E-state index contributed by atoms with van der Waals surface area (Å²) >= 11 is 6.25. The molecule has 25 heavy (non-hydrogen) atoms. The molecule has 0 aliphatic carbocycles. The highest BCUT2D eigenvalue weighted by molar-refractivity contribution is 7.92. The lowest BCUT2D eigenvalue weighted by Gasteiger charge is -2.42. The smallest absolute Gasteiger partial charge is 0.254 e. The zero-order valence-corrected chi connectivity index (χ0v) is 16.1. The van der Waals surface area contributed by atoms with Gasteiger partial charge in [0.15, 0.2) is 0 Å². The summed E-state index contributed by atoms with van der Waals surface area (Å²) in [6.45, 7) is 5.77. The van der Waals surface area contributed by atoms with Crippen LogP contribution in [-0.2, 0) is 14.8 Å². The van der Waals surface area contributed by atoms with E-state index in [4.69, 9.17) is 16.3 Å². The van der Waals surface area contributed by atoms with Gasteiger partial charge in [0.1, 0.15) is 0 Å². The number of ether oxygens (including phenoxy) is 1. The van der Waals surface area contributed by atoms with Crippen molar-refractivity contribution in [2.45, 2.75) is 32.2 Å². The van der Waals surface area contributed by atoms with Crippen LogP contribution in [-0.4, -0.2) is 56.8 Å². The third-order valence-electron chi connectivity index (χ3n) is 4.70. The fraction of sp³-hybridized carbons (Fsp3) is 0.588. The van der Waals surface area contributed by atoms with Crippen molar-refractivity contribution in [1.29, 1.82) is 0 Å². The summed E-state index contributed by atoms with van der Waals surface area (Å²) < 4.78 is 31.5. The largest absolute Gasteiger partial charge is 0.377 e. The van der Waals surface area contributed by atoms with Gasteiger partial charge >= 0.3 is 0 Å². The van der Waals surface area contributed by atoms with Crippen LogP contribution in [0.2, 0.25) is 5.02 Å². The zero-order valence-electron chi connectivity index (χ0n) is 14.5. The number of hydrogen-bond donors (Lipinski definition) is 0. The molecule has 0 N–H and O–H groups in total. The summed E-state index contributed by atoms with van der Waals surface area (Å²) in [5.41, 5.74) is 0.417. The first-order valence-electron chi connectivity index (χ1n) is 8.42. The second kappa shape index (κ2) is 6.78. The van der Waals surface area contributed by atoms with Gasteiger partial charge in [0, 0.05) is 18.7 Å². The molecular weight excluding hydrogens is 364 g/mol. The molecule has 2 heterocycles. The lowest BCUT2D eigenvalue weighted by Crippen LogP contribution is -2.55. The van der Waals surface area contributed by atoms with Gasteiger partial charge < -0.3 is 9.64 Å². The number of halogens is 1. The molecule has 0 aromatic heterocycles. The van der Waals surface area contributed by atoms with Crippen molar-refractivity contribution in [2.75, 3.05) is 36.4 Å². The third kappa shape index (κ3) is 3.64. The number of hydrogen-bond acceptors (Lipinski definition) is 4. The Bertz CT molecular complexity index is 779. The molecule has 138 valence electrons. The van der Waals surface area contributed by atoms with E-state index in [-0.39, 0.29) is 11.7 Å². The number of benzene rings is 1. The van der Waals surface area contributed by atoms with Crippen molar-refractivity contribution in [3.63, 3.8) is 0 Å². The minimum Gasteiger partial charge on any atom is -0.377 e. The minimum absolute atomic E-state index is 0.109. The van der Waals surface area contributed by atoms with Crippen molar-refractivity contribution < 1.29 is 17.9 Å². The number of sulfonamides is 1. The number of morpholine rings is 1. The predicted molar refractivity (Wildman–Crippen MR) is 97.8 cm³/mol. The zero-order chi connectivity index (χ0) is 18.2. The molecule has 6 nitrogen and oxygen atoms in total. The van der Waals surface area contributed by atoms with E-state index in [1.54, 1.807) is 23.1 Å². The van der Waals surface area contributed by atoms with Crippen molar-refractivity contribution in [3.05, 3.63) is 28.8 Å². The van der Waals surface area contributed by atoms with E-state index in [0.717, 1.165) is 6.42 Å². The number of carbonyl (C=O) groups excluding carboxylic acids is 1. The summed E-state index contributed by atoms with van der Waals surface area (Å²) in [5, 5.41) is 0.336. The Kier molecular flexibility index (Phi) is 5.01. The highest BCUT2D eigenvalue weighted by atomic mass is 35.5. The van der Waals surface area contributed by atoms with Crippen molar-refractivity contribution in [2.24, 2.45) is 0 Å². The molecule has 0 radical (unpaired) electrons. The summed E-state index contributed by atoms with van der Waals surface area (Å²) in [7, 11) is -3.39. The minimum atomic E-state index is -3.39. The average Bonchev–Trinajstić information content (AvgIpc) is 2.54. The fourth-order valence-electron chi connectivity index (χ4n) is 3.29. The Labute approximate surface area is 153 Å². The average molecular weight is 387 g/mol. The number of rotatable bonds is 2. The first kappa shape index (κ1) is 18.5. The van der Waals surface area contributed by atoms with Crippen LogP contribution in [0.5, 0.6) is 0 Å². The standard InChI is InChI=1S/C17H23ClN2O4S/c1-17(2)12-24-9-8-19(17)16(21)13-5-6-14(18)15(11-13)20-7-3-4-10-25(20,22)23/h5-6,11H,3-4,7-10,12H2,1-2H3. The van der Waals surface area contributed by atoms with Gasteiger partial charge in [-0.15, -0.1) is 0 Å². The molecule has 1 aromatic carbocycles. The number of amides is 1. The normalized spacial score (nSPS) is 22.7. The molecule has 2 aliphatic rings. The Morgan fingerprint density at radius 2 is 2.00 bits per heavy atom. The topological polar surface area (TPSA) is 66.9 Å². The highest BCUT2D eigenvalue weighted by Gasteiger charge is 2.35. The number of carbonyl (C=O) groups is 1. The first-order valence-corrected chi connectivity index (χ1v) is 10.4. The molecule has 2 saturated heterocycles. The fourth-order valence-corrected chi connectivity index (χ4v) is 5.20. The number of nitrogens with zero attached hydrogens (tertiary/aromatic N) is 2. The van der Waals surface area contributed by atoms with E-state index < -0.39 is 15.6 Å². The molecule has 0 unspecified atom stereocenters. The Hall–Kier alpha value is -1.31. The van der Waals surface area contributed by atoms with Crippen LogP contribution in [0.1, 0.15) is 37.0 Å². The quantitative estimate of drug-likeness (QED) is 0.783. The monoisotopic (exact) mass is 386 g/mol. The van der Waals surface area contributed by atoms with Gasteiger partial charge in [-0.1, -0.05) is 11.6 Å². The van der Waals surface area contributed by atoms with Crippen LogP contribution in [0.3, 0.4) is 0 Å². The molecule has 0 bridgehead atoms. The lowest BCUT2D eigenvalue weighted by molar-refractivity contribution is -0.0370. The van der Waals surface area contributed by atoms with Gasteiger partial charge in [-0.05, 0) is 44.9 Å². The van der Waals surface area contributed by atoms with Crippen LogP contribution in [0.15, 0.2) is 18.2 Å². The Morgan fingerprint density at radius 3 is 2.68 bits per heavy atom. The van der Waals surface area contributed by atoms with Gasteiger partial charge in [0.2, 0.25) is 10.0 Å². The van der Waals surface area contributed by atoms with E-state index in [1.807, 2.05) is 13.8 Å². The molecule has 2 fully saturated rings. The van der Waals surface area contributed by atoms with Crippen LogP contribution >= 0.6 is 11.6 Å². The second-order valence-corrected chi connectivity index (χ2v) is 9.50. The summed E-state index contributed by atoms with van der Waals surface area (Å²) in [4.78, 5) is 14.8. The van der Waals surface area contributed by atoms with Gasteiger partial charge in [-0.2, -0.15) is 0 Å². The van der Waals surface area contributed by atoms with Gasteiger partial charge in [-0.25, -0.2) is 8.42 Å². The van der Waals surface area contributed by atoms with Crippen molar-refractivity contribution >= 4 is 33.2 Å². The summed E-state index contributed by atoms with van der Waals surface area (Å²) in [6, 6.07) is 4.84. The molecule has 8 heteroatoms. The molecule has 0 spiro atoms. The van der Waals surface area contributed by atoms with E-state index >= 15 is 0 Å². The molecule has 2 aliphatic heterocycles. The molecule has 0 saturated carbocycles. The maximum absolute atomic E-state index is 13.0. The summed E-state index contributed by atoms with van der Waals surface area (Å²) in [6.07, 6.45) is 1.43. The van der Waals surface area contributed by atoms with Crippen LogP contribution < -0.4 is 4.31 Å². The molecule has 0 atom stereocenters. The first-order chi connectivity index (χ1) is 11.7. The predicted octanol–water partition coefficient (Wildman–Crippen LogP) is 2.52. The van der Waals surface area contributed by atoms with Gasteiger partial charge in [-0.3, -0.25) is 9.10 Å². The van der Waals surface area contributed by atoms with E-state index in [9.17, 15) is 13.2 Å². The van der Waals surface area contributed by atoms with Crippen molar-refractivity contribution in [1.82, 2.24) is 4.90 Å². The molecular formula is C17H23ClN2O4S. The van der Waals surface area contributed by atoms with Gasteiger partial charge in [0.25, 0.3) is 5.91 Å².